The van der Waals surface area contributed by atoms with Crippen molar-refractivity contribution in [1.82, 2.24) is 0 Å². The van der Waals surface area contributed by atoms with E-state index >= 15 is 0 Å². The Balaban J connectivity index is 2.63. The summed E-state index contributed by atoms with van der Waals surface area (Å²) in [6, 6.07) is 0. The lowest BCUT2D eigenvalue weighted by molar-refractivity contribution is 0.0455. The second-order valence-corrected chi connectivity index (χ2v) is 5.15. The van der Waals surface area contributed by atoms with Crippen LogP contribution in [0.2, 0.25) is 0 Å². The lowest BCUT2D eigenvalue weighted by atomic mass is 9.80. The van der Waals surface area contributed by atoms with Crippen LogP contribution in [0.25, 0.3) is 0 Å². The molecule has 2 atom stereocenters. The number of terminal acetylenes is 2. The molecule has 17 heavy (non-hydrogen) atoms. The largest absolute Gasteiger partial charge is 0.376 e. The summed E-state index contributed by atoms with van der Waals surface area (Å²) in [6.07, 6.45) is 22.1. The maximum atomic E-state index is 10.4. The molecule has 2 unspecified atom stereocenters. The Hall–Kier alpha value is -0.920. The van der Waals surface area contributed by atoms with E-state index in [1.165, 1.54) is 32.1 Å². The lowest BCUT2D eigenvalue weighted by Gasteiger charge is -2.29. The molecule has 1 nitrogen and oxygen atoms in total. The van der Waals surface area contributed by atoms with Gasteiger partial charge in [0, 0.05) is 0 Å². The maximum absolute atomic E-state index is 10.4. The van der Waals surface area contributed by atoms with Crippen molar-refractivity contribution in [3.63, 3.8) is 0 Å². The zero-order valence-electron chi connectivity index (χ0n) is 10.8. The first-order valence-electron chi connectivity index (χ1n) is 6.89. The minimum Gasteiger partial charge on any atom is -0.376 e. The number of hydrogen-bond donors (Lipinski definition) is 1. The highest BCUT2D eigenvalue weighted by atomic mass is 16.3. The summed E-state index contributed by atoms with van der Waals surface area (Å²) in [5.41, 5.74) is -1.08. The SMILES string of the molecule is C#CC1CCCCCCCCCCC1(O)C#C. The van der Waals surface area contributed by atoms with Crippen molar-refractivity contribution in [1.29, 1.82) is 0 Å². The van der Waals surface area contributed by atoms with Gasteiger partial charge in [-0.15, -0.1) is 12.8 Å². The van der Waals surface area contributed by atoms with Gasteiger partial charge in [0.05, 0.1) is 5.92 Å². The minimum atomic E-state index is -1.08. The van der Waals surface area contributed by atoms with Crippen LogP contribution in [0.15, 0.2) is 0 Å². The standard InChI is InChI=1S/C16H24O/c1-3-15-13-11-9-7-5-6-8-10-12-14-16(15,17)4-2/h1-2,15,17H,5-14H2. The van der Waals surface area contributed by atoms with Crippen molar-refractivity contribution >= 4 is 0 Å². The van der Waals surface area contributed by atoms with Crippen molar-refractivity contribution < 1.29 is 5.11 Å². The lowest BCUT2D eigenvalue weighted by Crippen LogP contribution is -2.35. The summed E-state index contributed by atoms with van der Waals surface area (Å²) in [5.74, 6) is 5.08. The summed E-state index contributed by atoms with van der Waals surface area (Å²) in [7, 11) is 0. The molecule has 0 bridgehead atoms. The van der Waals surface area contributed by atoms with Crippen LogP contribution in [-0.2, 0) is 0 Å². The van der Waals surface area contributed by atoms with Gasteiger partial charge in [0.15, 0.2) is 0 Å². The van der Waals surface area contributed by atoms with Crippen molar-refractivity contribution in [2.75, 3.05) is 0 Å². The molecule has 1 aliphatic carbocycles. The van der Waals surface area contributed by atoms with Crippen LogP contribution < -0.4 is 0 Å². The van der Waals surface area contributed by atoms with E-state index in [0.29, 0.717) is 6.42 Å². The average molecular weight is 232 g/mol. The van der Waals surface area contributed by atoms with E-state index in [2.05, 4.69) is 11.8 Å². The Kier molecular flexibility index (Phi) is 6.17. The van der Waals surface area contributed by atoms with Crippen LogP contribution in [-0.4, -0.2) is 10.7 Å². The molecule has 0 aromatic carbocycles. The highest BCUT2D eigenvalue weighted by molar-refractivity contribution is 5.17. The first kappa shape index (κ1) is 14.1. The zero-order chi connectivity index (χ0) is 12.6. The molecular formula is C16H24O. The fourth-order valence-corrected chi connectivity index (χ4v) is 2.61. The van der Waals surface area contributed by atoms with Gasteiger partial charge in [-0.05, 0) is 19.3 Å². The molecule has 1 rings (SSSR count). The molecule has 1 heteroatoms. The van der Waals surface area contributed by atoms with Crippen LogP contribution in [0.1, 0.15) is 64.2 Å². The van der Waals surface area contributed by atoms with Gasteiger partial charge in [0.1, 0.15) is 5.60 Å². The fraction of sp³-hybridized carbons (Fsp3) is 0.750. The molecule has 0 heterocycles. The van der Waals surface area contributed by atoms with E-state index in [9.17, 15) is 5.11 Å². The molecule has 0 spiro atoms. The van der Waals surface area contributed by atoms with Crippen molar-refractivity contribution in [3.8, 4) is 24.7 Å². The van der Waals surface area contributed by atoms with Crippen molar-refractivity contribution in [3.05, 3.63) is 0 Å². The third-order valence-electron chi connectivity index (χ3n) is 3.83. The van der Waals surface area contributed by atoms with Gasteiger partial charge in [0.25, 0.3) is 0 Å². The van der Waals surface area contributed by atoms with Crippen molar-refractivity contribution in [2.45, 2.75) is 69.8 Å². The van der Waals surface area contributed by atoms with Crippen molar-refractivity contribution in [2.24, 2.45) is 5.92 Å². The van der Waals surface area contributed by atoms with Crippen LogP contribution in [0.4, 0.5) is 0 Å². The first-order valence-corrected chi connectivity index (χ1v) is 6.89. The normalized spacial score (nSPS) is 32.5. The summed E-state index contributed by atoms with van der Waals surface area (Å²) >= 11 is 0. The molecule has 1 fully saturated rings. The topological polar surface area (TPSA) is 20.2 Å². The monoisotopic (exact) mass is 232 g/mol. The van der Waals surface area contributed by atoms with Crippen LogP contribution >= 0.6 is 0 Å². The summed E-state index contributed by atoms with van der Waals surface area (Å²) in [5, 5.41) is 10.4. The van der Waals surface area contributed by atoms with Gasteiger partial charge in [-0.2, -0.15) is 0 Å². The van der Waals surface area contributed by atoms with Crippen LogP contribution in [0.5, 0.6) is 0 Å². The first-order chi connectivity index (χ1) is 8.23. The van der Waals surface area contributed by atoms with E-state index in [0.717, 1.165) is 25.7 Å². The highest BCUT2D eigenvalue weighted by Gasteiger charge is 2.32. The quantitative estimate of drug-likeness (QED) is 0.634. The third kappa shape index (κ3) is 4.45. The predicted molar refractivity (Wildman–Crippen MR) is 72.3 cm³/mol. The van der Waals surface area contributed by atoms with Gasteiger partial charge in [-0.3, -0.25) is 0 Å². The van der Waals surface area contributed by atoms with E-state index in [4.69, 9.17) is 12.8 Å². The Bertz CT molecular complexity index is 294. The Morgan fingerprint density at radius 3 is 1.94 bits per heavy atom. The van der Waals surface area contributed by atoms with E-state index < -0.39 is 5.60 Å². The average Bonchev–Trinajstić information content (AvgIpc) is 2.34. The molecule has 0 aliphatic heterocycles. The highest BCUT2D eigenvalue weighted by Crippen LogP contribution is 2.29. The fourth-order valence-electron chi connectivity index (χ4n) is 2.61. The third-order valence-corrected chi connectivity index (χ3v) is 3.83. The van der Waals surface area contributed by atoms with Gasteiger partial charge in [0.2, 0.25) is 0 Å². The molecule has 1 aliphatic rings. The predicted octanol–water partition coefficient (Wildman–Crippen LogP) is 3.51. The van der Waals surface area contributed by atoms with Gasteiger partial charge < -0.3 is 5.11 Å². The number of rotatable bonds is 0. The number of hydrogen-bond acceptors (Lipinski definition) is 1. The van der Waals surface area contributed by atoms with E-state index in [1.54, 1.807) is 0 Å². The Morgan fingerprint density at radius 1 is 0.882 bits per heavy atom. The molecule has 1 saturated carbocycles. The molecule has 0 aromatic heterocycles. The van der Waals surface area contributed by atoms with E-state index in [-0.39, 0.29) is 5.92 Å². The molecule has 0 amide bonds. The van der Waals surface area contributed by atoms with Gasteiger partial charge in [-0.1, -0.05) is 56.8 Å². The molecule has 1 N–H and O–H groups in total. The van der Waals surface area contributed by atoms with Gasteiger partial charge in [-0.25, -0.2) is 0 Å². The second kappa shape index (κ2) is 7.41. The second-order valence-electron chi connectivity index (χ2n) is 5.15. The summed E-state index contributed by atoms with van der Waals surface area (Å²) < 4.78 is 0. The summed E-state index contributed by atoms with van der Waals surface area (Å²) in [4.78, 5) is 0. The summed E-state index contributed by atoms with van der Waals surface area (Å²) in [6.45, 7) is 0. The van der Waals surface area contributed by atoms with Crippen LogP contribution in [0.3, 0.4) is 0 Å². The molecule has 0 radical (unpaired) electrons. The zero-order valence-corrected chi connectivity index (χ0v) is 10.8. The Morgan fingerprint density at radius 2 is 1.41 bits per heavy atom. The molecular weight excluding hydrogens is 208 g/mol. The van der Waals surface area contributed by atoms with Crippen LogP contribution in [0, 0.1) is 30.6 Å². The molecule has 0 aromatic rings. The van der Waals surface area contributed by atoms with E-state index in [1.807, 2.05) is 0 Å². The minimum absolute atomic E-state index is 0.174. The molecule has 94 valence electrons. The Labute approximate surface area is 106 Å². The molecule has 0 saturated heterocycles. The van der Waals surface area contributed by atoms with Gasteiger partial charge >= 0.3 is 0 Å². The number of aliphatic hydroxyl groups is 1. The smallest absolute Gasteiger partial charge is 0.138 e. The maximum Gasteiger partial charge on any atom is 0.138 e.